The van der Waals surface area contributed by atoms with Crippen LogP contribution in [0.25, 0.3) is 0 Å². The van der Waals surface area contributed by atoms with Crippen molar-refractivity contribution in [2.45, 2.75) is 44.1 Å². The Morgan fingerprint density at radius 3 is 2.12 bits per heavy atom. The van der Waals surface area contributed by atoms with Gasteiger partial charge in [0.25, 0.3) is 0 Å². The highest BCUT2D eigenvalue weighted by Crippen LogP contribution is 2.37. The summed E-state index contributed by atoms with van der Waals surface area (Å²) in [6, 6.07) is 20.0. The zero-order valence-electron chi connectivity index (χ0n) is 14.8. The van der Waals surface area contributed by atoms with Crippen LogP contribution in [0.1, 0.15) is 31.1 Å². The van der Waals surface area contributed by atoms with Crippen LogP contribution in [-0.4, -0.2) is 36.7 Å². The average molecular weight is 354 g/mol. The molecule has 2 heterocycles. The number of hydrogen-bond acceptors (Lipinski definition) is 5. The lowest BCUT2D eigenvalue weighted by Gasteiger charge is -2.24. The maximum absolute atomic E-state index is 12.1. The van der Waals surface area contributed by atoms with E-state index in [-0.39, 0.29) is 18.7 Å². The Hall–Kier alpha value is -2.21. The largest absolute Gasteiger partial charge is 0.455 e. The monoisotopic (exact) mass is 354 g/mol. The fraction of sp³-hybridized carbons (Fsp3) is 0.381. The van der Waals surface area contributed by atoms with E-state index in [2.05, 4.69) is 0 Å². The molecule has 2 aromatic carbocycles. The highest BCUT2D eigenvalue weighted by molar-refractivity contribution is 5.78. The summed E-state index contributed by atoms with van der Waals surface area (Å²) in [7, 11) is 0. The molecule has 4 rings (SSSR count). The Morgan fingerprint density at radius 1 is 0.962 bits per heavy atom. The van der Waals surface area contributed by atoms with E-state index in [0.29, 0.717) is 0 Å². The van der Waals surface area contributed by atoms with Crippen molar-refractivity contribution >= 4 is 5.97 Å². The highest BCUT2D eigenvalue weighted by atomic mass is 16.8. The predicted molar refractivity (Wildman–Crippen MR) is 94.4 cm³/mol. The number of cyclic esters (lactones) is 1. The average Bonchev–Trinajstić information content (AvgIpc) is 3.11. The van der Waals surface area contributed by atoms with Crippen LogP contribution in [-0.2, 0) is 23.7 Å². The van der Waals surface area contributed by atoms with Gasteiger partial charge in [-0.1, -0.05) is 60.7 Å². The van der Waals surface area contributed by atoms with Gasteiger partial charge in [-0.2, -0.15) is 0 Å². The van der Waals surface area contributed by atoms with Crippen molar-refractivity contribution in [1.82, 2.24) is 0 Å². The Kier molecular flexibility index (Phi) is 4.53. The molecule has 0 bridgehead atoms. The first-order chi connectivity index (χ1) is 12.5. The summed E-state index contributed by atoms with van der Waals surface area (Å²) >= 11 is 0. The number of fused-ring (bicyclic) bond motifs is 1. The minimum atomic E-state index is -0.786. The van der Waals surface area contributed by atoms with E-state index in [1.165, 1.54) is 0 Å². The van der Waals surface area contributed by atoms with E-state index >= 15 is 0 Å². The third-order valence-corrected chi connectivity index (χ3v) is 4.63. The van der Waals surface area contributed by atoms with E-state index in [0.717, 1.165) is 11.1 Å². The van der Waals surface area contributed by atoms with Gasteiger partial charge >= 0.3 is 5.97 Å². The molecule has 2 aliphatic heterocycles. The number of carbonyl (C=O) groups is 1. The van der Waals surface area contributed by atoms with Crippen LogP contribution in [0.2, 0.25) is 0 Å². The van der Waals surface area contributed by atoms with E-state index in [1.807, 2.05) is 60.7 Å². The number of hydrogen-bond donors (Lipinski definition) is 0. The zero-order valence-corrected chi connectivity index (χ0v) is 14.8. The Labute approximate surface area is 152 Å². The molecule has 0 saturated carbocycles. The van der Waals surface area contributed by atoms with Crippen molar-refractivity contribution in [2.75, 3.05) is 6.61 Å². The van der Waals surface area contributed by atoms with Crippen molar-refractivity contribution in [3.05, 3.63) is 71.8 Å². The minimum absolute atomic E-state index is 0.237. The number of benzene rings is 2. The number of carbonyl (C=O) groups excluding carboxylic acids is 1. The summed E-state index contributed by atoms with van der Waals surface area (Å²) in [5.74, 6) is -1.17. The Bertz CT molecular complexity index is 719. The zero-order chi connectivity index (χ0) is 18.1. The molecule has 2 aliphatic rings. The first-order valence-corrected chi connectivity index (χ1v) is 8.81. The van der Waals surface area contributed by atoms with Crippen LogP contribution >= 0.6 is 0 Å². The molecule has 0 spiro atoms. The molecule has 0 aromatic heterocycles. The van der Waals surface area contributed by atoms with E-state index < -0.39 is 24.1 Å². The molecule has 0 N–H and O–H groups in total. The standard InChI is InChI=1S/C21H22O5/c1-21(2)25-18-16(24-20(22)19(18)26-21)13-23-17(14-9-5-3-6-10-14)15-11-7-4-8-12-15/h3-12,16-19H,13H2,1-2H3/t16-,18+,19+/m0/s1. The third kappa shape index (κ3) is 3.38. The molecule has 0 aliphatic carbocycles. The summed E-state index contributed by atoms with van der Waals surface area (Å²) in [6.07, 6.45) is -1.84. The maximum atomic E-state index is 12.1. The van der Waals surface area contributed by atoms with Gasteiger partial charge in [0, 0.05) is 0 Å². The molecule has 26 heavy (non-hydrogen) atoms. The van der Waals surface area contributed by atoms with Gasteiger partial charge in [0.1, 0.15) is 12.2 Å². The quantitative estimate of drug-likeness (QED) is 0.772. The van der Waals surface area contributed by atoms with Gasteiger partial charge in [-0.15, -0.1) is 0 Å². The predicted octanol–water partition coefficient (Wildman–Crippen LogP) is 3.24. The van der Waals surface area contributed by atoms with Crippen LogP contribution in [0.15, 0.2) is 60.7 Å². The van der Waals surface area contributed by atoms with Gasteiger partial charge in [-0.3, -0.25) is 0 Å². The van der Waals surface area contributed by atoms with Gasteiger partial charge in [0.2, 0.25) is 0 Å². The lowest BCUT2D eigenvalue weighted by Crippen LogP contribution is -2.33. The molecule has 0 amide bonds. The van der Waals surface area contributed by atoms with E-state index in [4.69, 9.17) is 18.9 Å². The normalized spacial score (nSPS) is 26.7. The number of ether oxygens (including phenoxy) is 4. The molecule has 2 fully saturated rings. The fourth-order valence-corrected chi connectivity index (χ4v) is 3.49. The first kappa shape index (κ1) is 17.2. The smallest absolute Gasteiger partial charge is 0.338 e. The van der Waals surface area contributed by atoms with Crippen molar-refractivity contribution in [1.29, 1.82) is 0 Å². The summed E-state index contributed by atoms with van der Waals surface area (Å²) in [4.78, 5) is 12.1. The Balaban J connectivity index is 1.52. The topological polar surface area (TPSA) is 54.0 Å². The number of rotatable bonds is 5. The second kappa shape index (κ2) is 6.83. The van der Waals surface area contributed by atoms with Crippen molar-refractivity contribution in [3.63, 3.8) is 0 Å². The molecule has 5 nitrogen and oxygen atoms in total. The number of esters is 1. The molecule has 2 aromatic rings. The summed E-state index contributed by atoms with van der Waals surface area (Å²) in [6.45, 7) is 3.83. The second-order valence-electron chi connectivity index (χ2n) is 7.03. The highest BCUT2D eigenvalue weighted by Gasteiger charge is 2.56. The lowest BCUT2D eigenvalue weighted by molar-refractivity contribution is -0.191. The Morgan fingerprint density at radius 2 is 1.54 bits per heavy atom. The summed E-state index contributed by atoms with van der Waals surface area (Å²) in [5.41, 5.74) is 2.09. The third-order valence-electron chi connectivity index (χ3n) is 4.63. The molecule has 0 radical (unpaired) electrons. The van der Waals surface area contributed by atoms with E-state index in [1.54, 1.807) is 13.8 Å². The van der Waals surface area contributed by atoms with Gasteiger partial charge in [0.15, 0.2) is 18.0 Å². The maximum Gasteiger partial charge on any atom is 0.338 e. The van der Waals surface area contributed by atoms with Crippen LogP contribution in [0.5, 0.6) is 0 Å². The molecular formula is C21H22O5. The minimum Gasteiger partial charge on any atom is -0.455 e. The van der Waals surface area contributed by atoms with Gasteiger partial charge in [0.05, 0.1) is 6.61 Å². The first-order valence-electron chi connectivity index (χ1n) is 8.81. The molecule has 3 atom stereocenters. The van der Waals surface area contributed by atoms with Crippen LogP contribution in [0.4, 0.5) is 0 Å². The molecule has 5 heteroatoms. The summed E-state index contributed by atoms with van der Waals surface area (Å²) < 4.78 is 23.1. The fourth-order valence-electron chi connectivity index (χ4n) is 3.49. The molecular weight excluding hydrogens is 332 g/mol. The van der Waals surface area contributed by atoms with Gasteiger partial charge < -0.3 is 18.9 Å². The molecule has 2 saturated heterocycles. The summed E-state index contributed by atoms with van der Waals surface area (Å²) in [5, 5.41) is 0. The van der Waals surface area contributed by atoms with E-state index in [9.17, 15) is 4.79 Å². The van der Waals surface area contributed by atoms with Crippen molar-refractivity contribution in [2.24, 2.45) is 0 Å². The van der Waals surface area contributed by atoms with Crippen LogP contribution in [0, 0.1) is 0 Å². The van der Waals surface area contributed by atoms with Crippen molar-refractivity contribution < 1.29 is 23.7 Å². The molecule has 0 unspecified atom stereocenters. The van der Waals surface area contributed by atoms with Crippen molar-refractivity contribution in [3.8, 4) is 0 Å². The van der Waals surface area contributed by atoms with Gasteiger partial charge in [-0.05, 0) is 25.0 Å². The van der Waals surface area contributed by atoms with Gasteiger partial charge in [-0.25, -0.2) is 4.79 Å². The lowest BCUT2D eigenvalue weighted by atomic mass is 10.0. The molecule has 136 valence electrons. The SMILES string of the molecule is CC1(C)O[C@@H]2[C@H](COC(c3ccccc3)c3ccccc3)OC(=O)[C@@H]2O1. The second-order valence-corrected chi connectivity index (χ2v) is 7.03. The van der Waals surface area contributed by atoms with Crippen LogP contribution in [0.3, 0.4) is 0 Å². The van der Waals surface area contributed by atoms with Crippen LogP contribution < -0.4 is 0 Å².